The van der Waals surface area contributed by atoms with Gasteiger partial charge in [0.05, 0.1) is 5.75 Å². The number of rotatable bonds is 9. The van der Waals surface area contributed by atoms with Crippen LogP contribution in [-0.4, -0.2) is 33.0 Å². The van der Waals surface area contributed by atoms with Crippen molar-refractivity contribution in [2.75, 3.05) is 12.3 Å². The van der Waals surface area contributed by atoms with Crippen molar-refractivity contribution in [1.29, 1.82) is 0 Å². The maximum atomic E-state index is 11.9. The molecule has 2 rings (SSSR count). The van der Waals surface area contributed by atoms with E-state index in [-0.39, 0.29) is 5.91 Å². The van der Waals surface area contributed by atoms with E-state index in [0.717, 1.165) is 35.9 Å². The molecule has 0 saturated carbocycles. The molecular weight excluding hydrogens is 344 g/mol. The number of nitrogens with zero attached hydrogens (tertiary/aromatic N) is 3. The van der Waals surface area contributed by atoms with Crippen LogP contribution in [0.25, 0.3) is 11.4 Å². The molecular formula is C17H23ClN4OS. The predicted octanol–water partition coefficient (Wildman–Crippen LogP) is 3.92. The Bertz CT molecular complexity index is 657. The van der Waals surface area contributed by atoms with Crippen LogP contribution < -0.4 is 5.32 Å². The minimum absolute atomic E-state index is 0.0348. The molecule has 1 aromatic heterocycles. The second-order valence-corrected chi connectivity index (χ2v) is 6.95. The fraction of sp³-hybridized carbons (Fsp3) is 0.471. The van der Waals surface area contributed by atoms with Crippen molar-refractivity contribution in [3.8, 4) is 11.4 Å². The summed E-state index contributed by atoms with van der Waals surface area (Å²) in [5.41, 5.74) is 0.946. The third kappa shape index (κ3) is 5.53. The Kier molecular flexibility index (Phi) is 7.59. The van der Waals surface area contributed by atoms with Crippen molar-refractivity contribution < 1.29 is 4.79 Å². The second kappa shape index (κ2) is 9.69. The first-order valence-electron chi connectivity index (χ1n) is 8.16. The highest BCUT2D eigenvalue weighted by molar-refractivity contribution is 7.99. The highest BCUT2D eigenvalue weighted by Gasteiger charge is 2.12. The molecule has 0 aliphatic rings. The Hall–Kier alpha value is -1.53. The highest BCUT2D eigenvalue weighted by Crippen LogP contribution is 2.23. The van der Waals surface area contributed by atoms with Gasteiger partial charge in [0.2, 0.25) is 5.91 Å². The molecule has 0 bridgehead atoms. The van der Waals surface area contributed by atoms with Crippen LogP contribution in [-0.2, 0) is 11.8 Å². The van der Waals surface area contributed by atoms with E-state index in [0.29, 0.717) is 10.8 Å². The summed E-state index contributed by atoms with van der Waals surface area (Å²) in [4.78, 5) is 11.9. The summed E-state index contributed by atoms with van der Waals surface area (Å²) >= 11 is 7.30. The molecule has 0 saturated heterocycles. The molecule has 5 nitrogen and oxygen atoms in total. The zero-order chi connectivity index (χ0) is 17.4. The molecule has 0 spiro atoms. The van der Waals surface area contributed by atoms with Gasteiger partial charge in [0.1, 0.15) is 0 Å². The van der Waals surface area contributed by atoms with Gasteiger partial charge in [-0.1, -0.05) is 49.5 Å². The molecule has 0 aliphatic heterocycles. The fourth-order valence-electron chi connectivity index (χ4n) is 2.25. The lowest BCUT2D eigenvalue weighted by molar-refractivity contribution is -0.118. The highest BCUT2D eigenvalue weighted by atomic mass is 35.5. The van der Waals surface area contributed by atoms with Gasteiger partial charge in [0.15, 0.2) is 11.0 Å². The van der Waals surface area contributed by atoms with Gasteiger partial charge >= 0.3 is 0 Å². The Balaban J connectivity index is 1.83. The number of hydrogen-bond donors (Lipinski definition) is 1. The van der Waals surface area contributed by atoms with Gasteiger partial charge < -0.3 is 9.88 Å². The SMILES string of the molecule is CCCCCCNC(=O)CSc1nnc(-c2ccc(Cl)cc2)n1C. The average Bonchev–Trinajstić information content (AvgIpc) is 2.94. The first kappa shape index (κ1) is 18.8. The summed E-state index contributed by atoms with van der Waals surface area (Å²) in [6, 6.07) is 7.46. The third-order valence-electron chi connectivity index (χ3n) is 3.62. The number of benzene rings is 1. The summed E-state index contributed by atoms with van der Waals surface area (Å²) < 4.78 is 1.89. The second-order valence-electron chi connectivity index (χ2n) is 5.57. The zero-order valence-corrected chi connectivity index (χ0v) is 15.7. The van der Waals surface area contributed by atoms with E-state index in [1.54, 1.807) is 0 Å². The summed E-state index contributed by atoms with van der Waals surface area (Å²) in [5, 5.41) is 12.7. The monoisotopic (exact) mass is 366 g/mol. The lowest BCUT2D eigenvalue weighted by atomic mass is 10.2. The number of halogens is 1. The summed E-state index contributed by atoms with van der Waals surface area (Å²) in [5.74, 6) is 1.14. The first-order valence-corrected chi connectivity index (χ1v) is 9.53. The van der Waals surface area contributed by atoms with Gasteiger partial charge in [0.25, 0.3) is 0 Å². The quantitative estimate of drug-likeness (QED) is 0.539. The van der Waals surface area contributed by atoms with E-state index in [9.17, 15) is 4.79 Å². The Morgan fingerprint density at radius 2 is 1.96 bits per heavy atom. The topological polar surface area (TPSA) is 59.8 Å². The van der Waals surface area contributed by atoms with Crippen molar-refractivity contribution in [3.63, 3.8) is 0 Å². The number of thioether (sulfide) groups is 1. The van der Waals surface area contributed by atoms with Crippen LogP contribution in [0.2, 0.25) is 5.02 Å². The molecule has 1 aromatic carbocycles. The molecule has 7 heteroatoms. The van der Waals surface area contributed by atoms with Crippen LogP contribution in [0.15, 0.2) is 29.4 Å². The van der Waals surface area contributed by atoms with Crippen LogP contribution in [0.1, 0.15) is 32.6 Å². The van der Waals surface area contributed by atoms with Gasteiger partial charge in [-0.15, -0.1) is 10.2 Å². The number of carbonyl (C=O) groups excluding carboxylic acids is 1. The standard InChI is InChI=1S/C17H23ClN4OS/c1-3-4-5-6-11-19-15(23)12-24-17-21-20-16(22(17)2)13-7-9-14(18)10-8-13/h7-10H,3-6,11-12H2,1-2H3,(H,19,23). The Labute approximate surface area is 152 Å². The molecule has 0 atom stereocenters. The minimum atomic E-state index is 0.0348. The van der Waals surface area contributed by atoms with Crippen molar-refractivity contribution in [1.82, 2.24) is 20.1 Å². The molecule has 24 heavy (non-hydrogen) atoms. The van der Waals surface area contributed by atoms with Gasteiger partial charge in [0, 0.05) is 24.2 Å². The molecule has 0 aliphatic carbocycles. The van der Waals surface area contributed by atoms with Crippen LogP contribution in [0.4, 0.5) is 0 Å². The number of hydrogen-bond acceptors (Lipinski definition) is 4. The maximum Gasteiger partial charge on any atom is 0.230 e. The number of unbranched alkanes of at least 4 members (excludes halogenated alkanes) is 3. The zero-order valence-electron chi connectivity index (χ0n) is 14.1. The smallest absolute Gasteiger partial charge is 0.230 e. The maximum absolute atomic E-state index is 11.9. The molecule has 0 fully saturated rings. The summed E-state index contributed by atoms with van der Waals surface area (Å²) in [7, 11) is 1.90. The summed E-state index contributed by atoms with van der Waals surface area (Å²) in [6.07, 6.45) is 4.62. The van der Waals surface area contributed by atoms with E-state index < -0.39 is 0 Å². The van der Waals surface area contributed by atoms with Gasteiger partial charge in [-0.3, -0.25) is 4.79 Å². The van der Waals surface area contributed by atoms with Crippen LogP contribution in [0, 0.1) is 0 Å². The molecule has 1 heterocycles. The molecule has 2 aromatic rings. The van der Waals surface area contributed by atoms with Crippen LogP contribution in [0.3, 0.4) is 0 Å². The van der Waals surface area contributed by atoms with Gasteiger partial charge in [-0.2, -0.15) is 0 Å². The van der Waals surface area contributed by atoms with Crippen molar-refractivity contribution in [3.05, 3.63) is 29.3 Å². The molecule has 1 N–H and O–H groups in total. The molecule has 1 amide bonds. The van der Waals surface area contributed by atoms with E-state index in [1.165, 1.54) is 24.6 Å². The number of aromatic nitrogens is 3. The van der Waals surface area contributed by atoms with E-state index in [2.05, 4.69) is 22.4 Å². The van der Waals surface area contributed by atoms with Gasteiger partial charge in [-0.25, -0.2) is 0 Å². The van der Waals surface area contributed by atoms with E-state index in [1.807, 2.05) is 35.9 Å². The van der Waals surface area contributed by atoms with Crippen molar-refractivity contribution in [2.45, 2.75) is 37.8 Å². The molecule has 0 radical (unpaired) electrons. The number of nitrogens with one attached hydrogen (secondary N) is 1. The van der Waals surface area contributed by atoms with Crippen molar-refractivity contribution >= 4 is 29.3 Å². The van der Waals surface area contributed by atoms with Crippen molar-refractivity contribution in [2.24, 2.45) is 7.05 Å². The Morgan fingerprint density at radius 1 is 1.21 bits per heavy atom. The lowest BCUT2D eigenvalue weighted by Gasteiger charge is -2.05. The largest absolute Gasteiger partial charge is 0.355 e. The number of carbonyl (C=O) groups is 1. The normalized spacial score (nSPS) is 10.8. The third-order valence-corrected chi connectivity index (χ3v) is 4.89. The minimum Gasteiger partial charge on any atom is -0.355 e. The fourth-order valence-corrected chi connectivity index (χ4v) is 3.12. The Morgan fingerprint density at radius 3 is 2.67 bits per heavy atom. The van der Waals surface area contributed by atoms with Crippen LogP contribution >= 0.6 is 23.4 Å². The predicted molar refractivity (Wildman–Crippen MR) is 99.3 cm³/mol. The lowest BCUT2D eigenvalue weighted by Crippen LogP contribution is -2.26. The molecule has 0 unspecified atom stereocenters. The van der Waals surface area contributed by atoms with Gasteiger partial charge in [-0.05, 0) is 30.7 Å². The van der Waals surface area contributed by atoms with E-state index >= 15 is 0 Å². The van der Waals surface area contributed by atoms with E-state index in [4.69, 9.17) is 11.6 Å². The summed E-state index contributed by atoms with van der Waals surface area (Å²) in [6.45, 7) is 2.92. The average molecular weight is 367 g/mol. The first-order chi connectivity index (χ1) is 11.6. The van der Waals surface area contributed by atoms with Crippen LogP contribution in [0.5, 0.6) is 0 Å². The molecule has 130 valence electrons. The number of amides is 1.